The topological polar surface area (TPSA) is 131 Å². The second-order valence-electron chi connectivity index (χ2n) is 10.5. The first kappa shape index (κ1) is 36.9. The molecule has 0 fully saturated rings. The lowest BCUT2D eigenvalue weighted by molar-refractivity contribution is -0.115. The summed E-state index contributed by atoms with van der Waals surface area (Å²) in [6.07, 6.45) is 1.57. The van der Waals surface area contributed by atoms with Crippen LogP contribution in [0.3, 0.4) is 0 Å². The zero-order valence-corrected chi connectivity index (χ0v) is 29.2. The lowest BCUT2D eigenvalue weighted by atomic mass is 9.92. The maximum Gasteiger partial charge on any atom is 0.324 e. The number of ether oxygens (including phenoxy) is 2. The molecule has 0 aliphatic heterocycles. The fourth-order valence-electron chi connectivity index (χ4n) is 3.91. The Morgan fingerprint density at radius 3 is 2.35 bits per heavy atom. The zero-order valence-electron chi connectivity index (χ0n) is 26.5. The average Bonchev–Trinajstić information content (AvgIpc) is 3.44. The molecule has 4 N–H and O–H groups in total. The van der Waals surface area contributed by atoms with Crippen molar-refractivity contribution in [1.29, 1.82) is 0 Å². The highest BCUT2D eigenvalue weighted by Crippen LogP contribution is 2.38. The molecule has 4 aromatic rings. The number of nitrogens with zero attached hydrogens (tertiary/aromatic N) is 3. The molecule has 0 aliphatic rings. The number of nitrogens with one attached hydrogen (secondary N) is 4. The van der Waals surface area contributed by atoms with Gasteiger partial charge in [-0.05, 0) is 66.0 Å². The van der Waals surface area contributed by atoms with Gasteiger partial charge in [-0.1, -0.05) is 74.0 Å². The fraction of sp³-hybridized carbons (Fsp3) is 0.312. The van der Waals surface area contributed by atoms with Crippen LogP contribution in [-0.2, 0) is 16.8 Å². The van der Waals surface area contributed by atoms with E-state index in [0.717, 1.165) is 16.9 Å². The van der Waals surface area contributed by atoms with Gasteiger partial charge < -0.3 is 25.4 Å². The normalized spacial score (nSPS) is 10.8. The number of halogens is 3. The molecule has 11 nitrogen and oxygen atoms in total. The maximum absolute atomic E-state index is 13.1. The number of likely N-dealkylation sites (N-methyl/N-ethyl adjacent to an activating group) is 1. The first-order chi connectivity index (χ1) is 21.9. The van der Waals surface area contributed by atoms with Crippen molar-refractivity contribution in [2.24, 2.45) is 0 Å². The first-order valence-electron chi connectivity index (χ1n) is 14.3. The van der Waals surface area contributed by atoms with Crippen LogP contribution in [0, 0.1) is 0 Å². The average molecular weight is 786 g/mol. The number of hydrogen-bond acceptors (Lipinski definition) is 7. The third-order valence-electron chi connectivity index (χ3n) is 6.15. The van der Waals surface area contributed by atoms with Crippen LogP contribution in [0.5, 0.6) is 11.5 Å². The van der Waals surface area contributed by atoms with Crippen LogP contribution in [-0.4, -0.2) is 52.3 Å². The molecule has 3 amide bonds. The molecular formula is C32H40Cl2IN7O4. The van der Waals surface area contributed by atoms with E-state index in [9.17, 15) is 9.59 Å². The van der Waals surface area contributed by atoms with Crippen LogP contribution in [0.4, 0.5) is 22.1 Å². The molecule has 0 spiro atoms. The molecule has 0 atom stereocenters. The number of pyridine rings is 1. The number of anilines is 3. The van der Waals surface area contributed by atoms with Gasteiger partial charge >= 0.3 is 6.03 Å². The molecule has 0 radical (unpaired) electrons. The SMILES string of the molecule is C.CNCC(=O)Nc1cc(COc2ccc(NC(=O)Nc3cc(C(C)(C)C)nn3-c3ccc(OC)cc3)c(Cl)c2Cl)ccn1.[2H]CI. The molecule has 4 rings (SSSR count). The van der Waals surface area contributed by atoms with Crippen LogP contribution in [0.15, 0.2) is 60.8 Å². The van der Waals surface area contributed by atoms with Gasteiger partial charge in [-0.3, -0.25) is 10.1 Å². The highest BCUT2D eigenvalue weighted by molar-refractivity contribution is 14.1. The Balaban J connectivity index is 0.00000185. The number of amides is 3. The highest BCUT2D eigenvalue weighted by atomic mass is 127. The number of benzene rings is 2. The number of aromatic nitrogens is 3. The summed E-state index contributed by atoms with van der Waals surface area (Å²) in [6.45, 7) is 6.43. The lowest BCUT2D eigenvalue weighted by Gasteiger charge is -2.14. The minimum atomic E-state index is -0.536. The van der Waals surface area contributed by atoms with Crippen molar-refractivity contribution >= 4 is 75.1 Å². The van der Waals surface area contributed by atoms with E-state index in [1.807, 2.05) is 73.7 Å². The van der Waals surface area contributed by atoms with Crippen molar-refractivity contribution in [2.45, 2.75) is 40.2 Å². The Kier molecular flexibility index (Phi) is 14.4. The molecule has 2 heterocycles. The molecule has 0 saturated heterocycles. The molecule has 0 saturated carbocycles. The van der Waals surface area contributed by atoms with E-state index < -0.39 is 6.03 Å². The third-order valence-corrected chi connectivity index (χ3v) is 7.02. The quantitative estimate of drug-likeness (QED) is 0.0949. The molecule has 0 bridgehead atoms. The van der Waals surface area contributed by atoms with E-state index in [4.69, 9.17) is 39.1 Å². The summed E-state index contributed by atoms with van der Waals surface area (Å²) in [5.41, 5.74) is 2.34. The van der Waals surface area contributed by atoms with Gasteiger partial charge in [0.05, 0.1) is 35.7 Å². The van der Waals surface area contributed by atoms with E-state index >= 15 is 0 Å². The Morgan fingerprint density at radius 2 is 1.72 bits per heavy atom. The maximum atomic E-state index is 13.1. The second kappa shape index (κ2) is 17.9. The largest absolute Gasteiger partial charge is 0.497 e. The predicted octanol–water partition coefficient (Wildman–Crippen LogP) is 7.95. The molecular weight excluding hydrogens is 744 g/mol. The second-order valence-corrected chi connectivity index (χ2v) is 11.3. The number of alkyl halides is 1. The number of carbonyl (C=O) groups excluding carboxylic acids is 2. The Bertz CT molecular complexity index is 1630. The number of methoxy groups -OCH3 is 1. The van der Waals surface area contributed by atoms with Gasteiger partial charge in [0, 0.05) is 19.0 Å². The lowest BCUT2D eigenvalue weighted by Crippen LogP contribution is -2.25. The van der Waals surface area contributed by atoms with Crippen LogP contribution < -0.4 is 30.7 Å². The smallest absolute Gasteiger partial charge is 0.324 e. The zero-order chi connectivity index (χ0) is 33.9. The first-order valence-corrected chi connectivity index (χ1v) is 15.9. The molecule has 14 heteroatoms. The summed E-state index contributed by atoms with van der Waals surface area (Å²) in [5, 5.41) is 16.1. The summed E-state index contributed by atoms with van der Waals surface area (Å²) in [6, 6.07) is 15.3. The minimum Gasteiger partial charge on any atom is -0.497 e. The van der Waals surface area contributed by atoms with Crippen molar-refractivity contribution in [2.75, 3.05) is 41.6 Å². The van der Waals surface area contributed by atoms with Gasteiger partial charge in [0.1, 0.15) is 34.8 Å². The van der Waals surface area contributed by atoms with E-state index in [1.165, 1.54) is 0 Å². The molecule has 0 aliphatic carbocycles. The van der Waals surface area contributed by atoms with Gasteiger partial charge in [-0.15, -0.1) is 0 Å². The van der Waals surface area contributed by atoms with Crippen molar-refractivity contribution in [3.8, 4) is 17.2 Å². The van der Waals surface area contributed by atoms with Crippen LogP contribution in [0.2, 0.25) is 10.0 Å². The summed E-state index contributed by atoms with van der Waals surface area (Å²) < 4.78 is 19.0. The van der Waals surface area contributed by atoms with Crippen LogP contribution in [0.1, 0.15) is 40.8 Å². The summed E-state index contributed by atoms with van der Waals surface area (Å²) in [7, 11) is 3.28. The van der Waals surface area contributed by atoms with Crippen molar-refractivity contribution < 1.29 is 20.4 Å². The summed E-state index contributed by atoms with van der Waals surface area (Å²) in [4.78, 5) is 29.5. The molecule has 0 unspecified atom stereocenters. The van der Waals surface area contributed by atoms with E-state index in [2.05, 4.69) is 26.3 Å². The Hall–Kier alpha value is -3.59. The monoisotopic (exact) mass is 784 g/mol. The summed E-state index contributed by atoms with van der Waals surface area (Å²) in [5.74, 6) is 1.68. The van der Waals surface area contributed by atoms with E-state index in [1.54, 1.807) is 49.3 Å². The van der Waals surface area contributed by atoms with Crippen LogP contribution in [0.25, 0.3) is 5.69 Å². The minimum absolute atomic E-state index is 0. The van der Waals surface area contributed by atoms with Gasteiger partial charge in [0.15, 0.2) is 0 Å². The van der Waals surface area contributed by atoms with Gasteiger partial charge in [-0.25, -0.2) is 14.5 Å². The Labute approximate surface area is 295 Å². The van der Waals surface area contributed by atoms with E-state index in [-0.39, 0.29) is 41.9 Å². The number of hydrogen-bond donors (Lipinski definition) is 4. The highest BCUT2D eigenvalue weighted by Gasteiger charge is 2.22. The van der Waals surface area contributed by atoms with Gasteiger partial charge in [0.2, 0.25) is 5.91 Å². The molecule has 46 heavy (non-hydrogen) atoms. The van der Waals surface area contributed by atoms with Crippen molar-refractivity contribution in [1.82, 2.24) is 20.1 Å². The number of rotatable bonds is 10. The number of urea groups is 1. The molecule has 2 aromatic heterocycles. The standard InChI is InChI=1S/C30H33Cl2N7O4.CH3I.CH4/c1-30(2,3)23-15-25(39(38-23)19-6-8-20(42-5)9-7-19)37-29(41)35-21-10-11-22(28(32)27(21)31)43-17-18-12-13-34-24(14-18)36-26(40)16-33-4;1-2;/h6-15,33H,16-17H2,1-5H3,(H,34,36,40)(H2,35,37,41);1H3;1H4/i;1D;. The van der Waals surface area contributed by atoms with E-state index in [0.29, 0.717) is 33.7 Å². The fourth-order valence-corrected chi connectivity index (χ4v) is 4.33. The molecule has 248 valence electrons. The molecule has 2 aromatic carbocycles. The van der Waals surface area contributed by atoms with Crippen molar-refractivity contribution in [3.05, 3.63) is 82.1 Å². The predicted molar refractivity (Wildman–Crippen MR) is 196 cm³/mol. The summed E-state index contributed by atoms with van der Waals surface area (Å²) >= 11 is 15.0. The number of carbonyl (C=O) groups is 2. The van der Waals surface area contributed by atoms with Crippen LogP contribution >= 0.6 is 45.8 Å². The van der Waals surface area contributed by atoms with Crippen molar-refractivity contribution in [3.63, 3.8) is 0 Å². The third kappa shape index (κ3) is 10.5. The van der Waals surface area contributed by atoms with Gasteiger partial charge in [0.25, 0.3) is 0 Å². The Morgan fingerprint density at radius 1 is 1.02 bits per heavy atom. The van der Waals surface area contributed by atoms with Gasteiger partial charge in [-0.2, -0.15) is 5.10 Å².